The van der Waals surface area contributed by atoms with Gasteiger partial charge in [0.15, 0.2) is 0 Å². The highest BCUT2D eigenvalue weighted by atomic mass is 32.2. The van der Waals surface area contributed by atoms with Crippen LogP contribution in [0.2, 0.25) is 0 Å². The molecule has 0 spiro atoms. The van der Waals surface area contributed by atoms with Gasteiger partial charge in [0.25, 0.3) is 0 Å². The molecule has 0 atom stereocenters. The van der Waals surface area contributed by atoms with Gasteiger partial charge in [-0.25, -0.2) is 13.1 Å². The Labute approximate surface area is 189 Å². The average molecular weight is 456 g/mol. The van der Waals surface area contributed by atoms with E-state index in [0.717, 1.165) is 28.6 Å². The van der Waals surface area contributed by atoms with Crippen molar-refractivity contribution in [3.8, 4) is 5.75 Å². The van der Waals surface area contributed by atoms with Gasteiger partial charge in [0.2, 0.25) is 15.9 Å². The standard InChI is InChI=1S/C24H29N3O4S/c1-27(2)15-16-31-22-10-7-19(8-11-22)18-25-24(28)13-14-26-32(29,30)23-12-9-20-5-3-4-6-21(20)17-23/h3-12,17,26H,13-16,18H2,1-2H3,(H,25,28). The maximum absolute atomic E-state index is 12.5. The van der Waals surface area contributed by atoms with Crippen LogP contribution >= 0.6 is 0 Å². The fourth-order valence-electron chi connectivity index (χ4n) is 3.06. The van der Waals surface area contributed by atoms with Crippen LogP contribution in [0.1, 0.15) is 12.0 Å². The zero-order valence-electron chi connectivity index (χ0n) is 18.4. The predicted octanol–water partition coefficient (Wildman–Crippen LogP) is 2.77. The van der Waals surface area contributed by atoms with E-state index in [4.69, 9.17) is 4.74 Å². The van der Waals surface area contributed by atoms with E-state index < -0.39 is 10.0 Å². The molecule has 0 aliphatic carbocycles. The smallest absolute Gasteiger partial charge is 0.240 e. The number of carbonyl (C=O) groups is 1. The van der Waals surface area contributed by atoms with Crippen LogP contribution in [0.25, 0.3) is 10.8 Å². The van der Waals surface area contributed by atoms with Gasteiger partial charge in [0.05, 0.1) is 4.90 Å². The number of nitrogens with zero attached hydrogens (tertiary/aromatic N) is 1. The Kier molecular flexibility index (Phi) is 8.21. The van der Waals surface area contributed by atoms with E-state index in [-0.39, 0.29) is 23.8 Å². The molecule has 3 aromatic carbocycles. The molecule has 3 aromatic rings. The van der Waals surface area contributed by atoms with Gasteiger partial charge in [-0.15, -0.1) is 0 Å². The van der Waals surface area contributed by atoms with Gasteiger partial charge < -0.3 is 15.0 Å². The van der Waals surface area contributed by atoms with Gasteiger partial charge in [-0.2, -0.15) is 0 Å². The molecule has 0 fully saturated rings. The van der Waals surface area contributed by atoms with Crippen molar-refractivity contribution in [3.63, 3.8) is 0 Å². The van der Waals surface area contributed by atoms with Crippen LogP contribution in [0.15, 0.2) is 71.6 Å². The highest BCUT2D eigenvalue weighted by Crippen LogP contribution is 2.18. The number of nitrogens with one attached hydrogen (secondary N) is 2. The zero-order chi connectivity index (χ0) is 23.0. The summed E-state index contributed by atoms with van der Waals surface area (Å²) in [6.45, 7) is 1.84. The van der Waals surface area contributed by atoms with Crippen LogP contribution in [0.3, 0.4) is 0 Å². The number of hydrogen-bond acceptors (Lipinski definition) is 5. The number of sulfonamides is 1. The summed E-state index contributed by atoms with van der Waals surface area (Å²) >= 11 is 0. The van der Waals surface area contributed by atoms with E-state index >= 15 is 0 Å². The summed E-state index contributed by atoms with van der Waals surface area (Å²) in [5.74, 6) is 0.558. The number of likely N-dealkylation sites (N-methyl/N-ethyl adjacent to an activating group) is 1. The van der Waals surface area contributed by atoms with Crippen molar-refractivity contribution in [1.29, 1.82) is 0 Å². The van der Waals surface area contributed by atoms with Gasteiger partial charge in [-0.1, -0.05) is 42.5 Å². The Morgan fingerprint density at radius 2 is 1.69 bits per heavy atom. The molecule has 0 aliphatic rings. The predicted molar refractivity (Wildman–Crippen MR) is 126 cm³/mol. The first-order valence-corrected chi connectivity index (χ1v) is 11.9. The molecule has 3 rings (SSSR count). The van der Waals surface area contributed by atoms with Crippen molar-refractivity contribution >= 4 is 26.7 Å². The molecule has 2 N–H and O–H groups in total. The highest BCUT2D eigenvalue weighted by molar-refractivity contribution is 7.89. The van der Waals surface area contributed by atoms with Crippen molar-refractivity contribution in [2.75, 3.05) is 33.8 Å². The summed E-state index contributed by atoms with van der Waals surface area (Å²) in [5, 5.41) is 4.63. The fourth-order valence-corrected chi connectivity index (χ4v) is 4.12. The van der Waals surface area contributed by atoms with Crippen molar-refractivity contribution < 1.29 is 17.9 Å². The number of benzene rings is 3. The first-order valence-electron chi connectivity index (χ1n) is 10.5. The number of fused-ring (bicyclic) bond motifs is 1. The van der Waals surface area contributed by atoms with Gasteiger partial charge >= 0.3 is 0 Å². The summed E-state index contributed by atoms with van der Waals surface area (Å²) in [4.78, 5) is 14.3. The number of carbonyl (C=O) groups excluding carboxylic acids is 1. The average Bonchev–Trinajstić information content (AvgIpc) is 2.78. The van der Waals surface area contributed by atoms with E-state index in [9.17, 15) is 13.2 Å². The molecular formula is C24H29N3O4S. The number of amides is 1. The Bertz CT molecular complexity index is 1150. The quantitative estimate of drug-likeness (QED) is 0.464. The molecule has 0 bridgehead atoms. The molecule has 170 valence electrons. The lowest BCUT2D eigenvalue weighted by Gasteiger charge is -2.11. The summed E-state index contributed by atoms with van der Waals surface area (Å²) in [6, 6.07) is 20.1. The van der Waals surface area contributed by atoms with Gasteiger partial charge in [-0.05, 0) is 54.7 Å². The Morgan fingerprint density at radius 3 is 2.41 bits per heavy atom. The molecule has 0 radical (unpaired) electrons. The molecule has 0 heterocycles. The van der Waals surface area contributed by atoms with Crippen molar-refractivity contribution in [3.05, 3.63) is 72.3 Å². The number of hydrogen-bond donors (Lipinski definition) is 2. The zero-order valence-corrected chi connectivity index (χ0v) is 19.2. The summed E-state index contributed by atoms with van der Waals surface area (Å²) in [7, 11) is 0.300. The second kappa shape index (κ2) is 11.1. The maximum atomic E-state index is 12.5. The lowest BCUT2D eigenvalue weighted by atomic mass is 10.1. The number of ether oxygens (including phenoxy) is 1. The van der Waals surface area contributed by atoms with E-state index in [1.54, 1.807) is 18.2 Å². The van der Waals surface area contributed by atoms with Crippen LogP contribution in [0.5, 0.6) is 5.75 Å². The van der Waals surface area contributed by atoms with E-state index in [1.807, 2.05) is 67.5 Å². The minimum Gasteiger partial charge on any atom is -0.492 e. The van der Waals surface area contributed by atoms with Gasteiger partial charge in [0.1, 0.15) is 12.4 Å². The molecule has 32 heavy (non-hydrogen) atoms. The lowest BCUT2D eigenvalue weighted by molar-refractivity contribution is -0.121. The minimum absolute atomic E-state index is 0.0274. The monoisotopic (exact) mass is 455 g/mol. The SMILES string of the molecule is CN(C)CCOc1ccc(CNC(=O)CCNS(=O)(=O)c2ccc3ccccc3c2)cc1. The molecule has 0 saturated carbocycles. The van der Waals surface area contributed by atoms with Crippen LogP contribution in [0, 0.1) is 0 Å². The molecular weight excluding hydrogens is 426 g/mol. The molecule has 0 saturated heterocycles. The molecule has 0 aliphatic heterocycles. The normalized spacial score (nSPS) is 11.6. The van der Waals surface area contributed by atoms with Crippen molar-refractivity contribution in [1.82, 2.24) is 14.9 Å². The van der Waals surface area contributed by atoms with Gasteiger partial charge in [0, 0.05) is 26.1 Å². The van der Waals surface area contributed by atoms with Gasteiger partial charge in [-0.3, -0.25) is 4.79 Å². The molecule has 0 unspecified atom stereocenters. The molecule has 0 aromatic heterocycles. The Hall–Kier alpha value is -2.94. The molecule has 8 heteroatoms. The van der Waals surface area contributed by atoms with E-state index in [1.165, 1.54) is 0 Å². The van der Waals surface area contributed by atoms with Crippen LogP contribution < -0.4 is 14.8 Å². The lowest BCUT2D eigenvalue weighted by Crippen LogP contribution is -2.30. The van der Waals surface area contributed by atoms with Crippen LogP contribution in [0.4, 0.5) is 0 Å². The Morgan fingerprint density at radius 1 is 0.969 bits per heavy atom. The molecule has 1 amide bonds. The summed E-state index contributed by atoms with van der Waals surface area (Å²) in [5.41, 5.74) is 0.940. The maximum Gasteiger partial charge on any atom is 0.240 e. The second-order valence-electron chi connectivity index (χ2n) is 7.73. The van der Waals surface area contributed by atoms with Crippen molar-refractivity contribution in [2.45, 2.75) is 17.9 Å². The van der Waals surface area contributed by atoms with Crippen molar-refractivity contribution in [2.24, 2.45) is 0 Å². The second-order valence-corrected chi connectivity index (χ2v) is 9.50. The summed E-state index contributed by atoms with van der Waals surface area (Å²) in [6.07, 6.45) is 0.0541. The highest BCUT2D eigenvalue weighted by Gasteiger charge is 2.14. The largest absolute Gasteiger partial charge is 0.492 e. The molecule has 7 nitrogen and oxygen atoms in total. The van der Waals surface area contributed by atoms with Crippen LogP contribution in [-0.2, 0) is 21.4 Å². The fraction of sp³-hybridized carbons (Fsp3) is 0.292. The third kappa shape index (κ3) is 7.05. The van der Waals surface area contributed by atoms with E-state index in [0.29, 0.717) is 13.2 Å². The summed E-state index contributed by atoms with van der Waals surface area (Å²) < 4.78 is 33.2. The topological polar surface area (TPSA) is 87.7 Å². The third-order valence-electron chi connectivity index (χ3n) is 4.90. The Balaban J connectivity index is 1.42. The first-order chi connectivity index (χ1) is 15.3. The third-order valence-corrected chi connectivity index (χ3v) is 6.35. The first kappa shape index (κ1) is 23.7. The number of rotatable bonds is 11. The van der Waals surface area contributed by atoms with E-state index in [2.05, 4.69) is 10.0 Å². The minimum atomic E-state index is -3.68. The van der Waals surface area contributed by atoms with Crippen LogP contribution in [-0.4, -0.2) is 53.0 Å².